The first kappa shape index (κ1) is 22.3. The number of H-pyrrole nitrogens is 1. The summed E-state index contributed by atoms with van der Waals surface area (Å²) in [6, 6.07) is 6.96. The molecule has 0 atom stereocenters. The zero-order valence-electron chi connectivity index (χ0n) is 16.2. The van der Waals surface area contributed by atoms with Gasteiger partial charge in [0.1, 0.15) is 12.4 Å². The number of rotatable bonds is 8. The van der Waals surface area contributed by atoms with E-state index in [0.717, 1.165) is 34.5 Å². The quantitative estimate of drug-likeness (QED) is 0.457. The third-order valence-electron chi connectivity index (χ3n) is 4.31. The molecule has 11 heteroatoms. The van der Waals surface area contributed by atoms with Gasteiger partial charge in [-0.05, 0) is 54.2 Å². The summed E-state index contributed by atoms with van der Waals surface area (Å²) in [6.07, 6.45) is 3.23. The van der Waals surface area contributed by atoms with Gasteiger partial charge in [0, 0.05) is 24.5 Å². The average molecular weight is 466 g/mol. The van der Waals surface area contributed by atoms with Crippen molar-refractivity contribution in [1.82, 2.24) is 25.0 Å². The lowest BCUT2D eigenvalue weighted by atomic mass is 10.2. The molecule has 0 unspecified atom stereocenters. The van der Waals surface area contributed by atoms with Crippen LogP contribution >= 0.6 is 35.6 Å². The molecule has 30 heavy (non-hydrogen) atoms. The van der Waals surface area contributed by atoms with E-state index in [2.05, 4.69) is 15.5 Å². The number of imide groups is 1. The van der Waals surface area contributed by atoms with E-state index in [1.165, 1.54) is 0 Å². The molecule has 0 aliphatic carbocycles. The number of aromatic nitrogens is 3. The summed E-state index contributed by atoms with van der Waals surface area (Å²) in [5, 5.41) is 9.76. The van der Waals surface area contributed by atoms with Crippen LogP contribution in [0.1, 0.15) is 24.7 Å². The maximum atomic E-state index is 12.5. The van der Waals surface area contributed by atoms with E-state index in [-0.39, 0.29) is 36.7 Å². The number of thioether (sulfide) groups is 1. The van der Waals surface area contributed by atoms with Crippen LogP contribution in [-0.2, 0) is 22.6 Å². The first-order chi connectivity index (χ1) is 14.4. The highest BCUT2D eigenvalue weighted by molar-refractivity contribution is 8.18. The topological polar surface area (TPSA) is 100 Å². The Hall–Kier alpha value is -2.43. The standard InChI is InChI=1S/C19H20ClN5O3S2/c1-2-3-15-22-23-18(29)25(15)11-16(26)21-8-9-24-17(27)14(30-19(24)28)10-12-4-6-13(20)7-5-12/h4-7,10H,2-3,8-9,11H2,1H3,(H,21,26)(H,23,29)/b14-10-. The largest absolute Gasteiger partial charge is 0.353 e. The normalized spacial score (nSPS) is 15.3. The van der Waals surface area contributed by atoms with Crippen molar-refractivity contribution in [1.29, 1.82) is 0 Å². The Balaban J connectivity index is 1.54. The maximum absolute atomic E-state index is 12.5. The van der Waals surface area contributed by atoms with E-state index in [4.69, 9.17) is 23.8 Å². The van der Waals surface area contributed by atoms with Crippen LogP contribution in [-0.4, -0.2) is 49.8 Å². The molecular formula is C19H20ClN5O3S2. The van der Waals surface area contributed by atoms with Crippen LogP contribution in [0.25, 0.3) is 6.08 Å². The van der Waals surface area contributed by atoms with Gasteiger partial charge in [-0.3, -0.25) is 28.9 Å². The Labute approximate surface area is 187 Å². The highest BCUT2D eigenvalue weighted by atomic mass is 35.5. The van der Waals surface area contributed by atoms with Crippen molar-refractivity contribution in [3.8, 4) is 0 Å². The minimum Gasteiger partial charge on any atom is -0.353 e. The summed E-state index contributed by atoms with van der Waals surface area (Å²) >= 11 is 11.9. The van der Waals surface area contributed by atoms with Crippen LogP contribution in [0, 0.1) is 4.77 Å². The number of hydrogen-bond donors (Lipinski definition) is 2. The molecule has 2 heterocycles. The van der Waals surface area contributed by atoms with Crippen LogP contribution in [0.3, 0.4) is 0 Å². The van der Waals surface area contributed by atoms with Crippen LogP contribution in [0.2, 0.25) is 5.02 Å². The average Bonchev–Trinajstić information content (AvgIpc) is 3.18. The van der Waals surface area contributed by atoms with E-state index in [0.29, 0.717) is 21.1 Å². The van der Waals surface area contributed by atoms with Gasteiger partial charge in [-0.25, -0.2) is 0 Å². The van der Waals surface area contributed by atoms with E-state index in [1.807, 2.05) is 6.92 Å². The van der Waals surface area contributed by atoms with Crippen molar-refractivity contribution < 1.29 is 14.4 Å². The van der Waals surface area contributed by atoms with Gasteiger partial charge < -0.3 is 5.32 Å². The number of aromatic amines is 1. The van der Waals surface area contributed by atoms with E-state index >= 15 is 0 Å². The van der Waals surface area contributed by atoms with Crippen molar-refractivity contribution in [2.75, 3.05) is 13.1 Å². The first-order valence-corrected chi connectivity index (χ1v) is 10.9. The molecule has 1 aromatic heterocycles. The molecule has 2 N–H and O–H groups in total. The van der Waals surface area contributed by atoms with Gasteiger partial charge in [-0.1, -0.05) is 30.7 Å². The number of benzene rings is 1. The van der Waals surface area contributed by atoms with Crippen molar-refractivity contribution in [3.63, 3.8) is 0 Å². The molecule has 0 spiro atoms. The molecule has 1 aliphatic rings. The lowest BCUT2D eigenvalue weighted by Gasteiger charge is -2.13. The van der Waals surface area contributed by atoms with Gasteiger partial charge in [-0.2, -0.15) is 5.10 Å². The van der Waals surface area contributed by atoms with Crippen molar-refractivity contribution in [3.05, 3.63) is 50.4 Å². The molecule has 8 nitrogen and oxygen atoms in total. The molecule has 3 amide bonds. The van der Waals surface area contributed by atoms with Gasteiger partial charge in [0.15, 0.2) is 4.77 Å². The third kappa shape index (κ3) is 5.38. The molecule has 1 aliphatic heterocycles. The maximum Gasteiger partial charge on any atom is 0.293 e. The number of carbonyl (C=O) groups excluding carboxylic acids is 3. The first-order valence-electron chi connectivity index (χ1n) is 9.30. The van der Waals surface area contributed by atoms with Crippen molar-refractivity contribution >= 4 is 58.7 Å². The highest BCUT2D eigenvalue weighted by Crippen LogP contribution is 2.32. The molecular weight excluding hydrogens is 446 g/mol. The number of nitrogens with one attached hydrogen (secondary N) is 2. The molecule has 0 radical (unpaired) electrons. The Morgan fingerprint density at radius 2 is 2.07 bits per heavy atom. The van der Waals surface area contributed by atoms with Crippen molar-refractivity contribution in [2.24, 2.45) is 0 Å². The number of amides is 3. The Bertz CT molecular complexity index is 1050. The van der Waals surface area contributed by atoms with E-state index < -0.39 is 0 Å². The molecule has 2 aromatic rings. The summed E-state index contributed by atoms with van der Waals surface area (Å²) in [6.45, 7) is 2.29. The smallest absolute Gasteiger partial charge is 0.293 e. The summed E-state index contributed by atoms with van der Waals surface area (Å²) in [7, 11) is 0. The predicted octanol–water partition coefficient (Wildman–Crippen LogP) is 3.40. The number of aryl methyl sites for hydroxylation is 1. The Morgan fingerprint density at radius 3 is 2.77 bits per heavy atom. The van der Waals surface area contributed by atoms with Gasteiger partial charge in [0.2, 0.25) is 5.91 Å². The minimum absolute atomic E-state index is 0.0308. The zero-order valence-corrected chi connectivity index (χ0v) is 18.6. The second kappa shape index (κ2) is 10.1. The predicted molar refractivity (Wildman–Crippen MR) is 119 cm³/mol. The second-order valence-electron chi connectivity index (χ2n) is 6.52. The summed E-state index contributed by atoms with van der Waals surface area (Å²) in [5.41, 5.74) is 0.776. The van der Waals surface area contributed by atoms with Gasteiger partial charge >= 0.3 is 0 Å². The summed E-state index contributed by atoms with van der Waals surface area (Å²) in [5.74, 6) is 0.0703. The van der Waals surface area contributed by atoms with Crippen LogP contribution in [0.4, 0.5) is 4.79 Å². The van der Waals surface area contributed by atoms with Crippen molar-refractivity contribution in [2.45, 2.75) is 26.3 Å². The Morgan fingerprint density at radius 1 is 1.33 bits per heavy atom. The van der Waals surface area contributed by atoms with Crippen LogP contribution in [0.5, 0.6) is 0 Å². The minimum atomic E-state index is -0.378. The van der Waals surface area contributed by atoms with Gasteiger partial charge in [0.05, 0.1) is 4.91 Å². The fourth-order valence-electron chi connectivity index (χ4n) is 2.84. The molecule has 1 saturated heterocycles. The number of carbonyl (C=O) groups is 3. The van der Waals surface area contributed by atoms with E-state index in [9.17, 15) is 14.4 Å². The molecule has 3 rings (SSSR count). The highest BCUT2D eigenvalue weighted by Gasteiger charge is 2.34. The molecule has 158 valence electrons. The van der Waals surface area contributed by atoms with Crippen LogP contribution in [0.15, 0.2) is 29.2 Å². The third-order valence-corrected chi connectivity index (χ3v) is 5.78. The zero-order chi connectivity index (χ0) is 21.7. The lowest BCUT2D eigenvalue weighted by Crippen LogP contribution is -2.38. The van der Waals surface area contributed by atoms with Crippen LogP contribution < -0.4 is 5.32 Å². The monoisotopic (exact) mass is 465 g/mol. The molecule has 1 fully saturated rings. The van der Waals surface area contributed by atoms with E-state index in [1.54, 1.807) is 34.9 Å². The molecule has 0 saturated carbocycles. The summed E-state index contributed by atoms with van der Waals surface area (Å²) < 4.78 is 2.02. The lowest BCUT2D eigenvalue weighted by molar-refractivity contribution is -0.124. The number of halogens is 1. The second-order valence-corrected chi connectivity index (χ2v) is 8.33. The molecule has 0 bridgehead atoms. The fourth-order valence-corrected chi connectivity index (χ4v) is 4.04. The number of hydrogen-bond acceptors (Lipinski definition) is 6. The fraction of sp³-hybridized carbons (Fsp3) is 0.316. The summed E-state index contributed by atoms with van der Waals surface area (Å²) in [4.78, 5) is 38.4. The Kier molecular flexibility index (Phi) is 7.46. The molecule has 1 aromatic carbocycles. The number of nitrogens with zero attached hydrogens (tertiary/aromatic N) is 3. The van der Waals surface area contributed by atoms with Gasteiger partial charge in [0.25, 0.3) is 11.1 Å². The SMILES string of the molecule is CCCc1n[nH]c(=S)n1CC(=O)NCCN1C(=O)S/C(=C\c2ccc(Cl)cc2)C1=O. The van der Waals surface area contributed by atoms with Gasteiger partial charge in [-0.15, -0.1) is 0 Å².